The molecule has 0 bridgehead atoms. The Labute approximate surface area is 124 Å². The first-order valence-corrected chi connectivity index (χ1v) is 8.22. The number of amides is 1. The van der Waals surface area contributed by atoms with E-state index in [9.17, 15) is 4.79 Å². The van der Waals surface area contributed by atoms with Gasteiger partial charge in [0.1, 0.15) is 0 Å². The standard InChI is InChI=1S/C16H33N3O/c1-7-12(4)15-16(20)19(14(9-3)17-15)11-10-18(6)13(5)8-2/h12-15,17H,7-11H2,1-6H3. The number of carbonyl (C=O) groups excluding carboxylic acids is 1. The van der Waals surface area contributed by atoms with E-state index < -0.39 is 0 Å². The molecule has 4 atom stereocenters. The summed E-state index contributed by atoms with van der Waals surface area (Å²) in [5.41, 5.74) is 0. The largest absolute Gasteiger partial charge is 0.325 e. The van der Waals surface area contributed by atoms with Gasteiger partial charge >= 0.3 is 0 Å². The fourth-order valence-corrected chi connectivity index (χ4v) is 2.75. The molecule has 1 saturated heterocycles. The highest BCUT2D eigenvalue weighted by molar-refractivity contribution is 5.84. The Morgan fingerprint density at radius 1 is 1.25 bits per heavy atom. The zero-order valence-corrected chi connectivity index (χ0v) is 14.1. The smallest absolute Gasteiger partial charge is 0.241 e. The molecule has 0 aromatic rings. The Morgan fingerprint density at radius 2 is 1.90 bits per heavy atom. The zero-order valence-electron chi connectivity index (χ0n) is 14.1. The highest BCUT2D eigenvalue weighted by atomic mass is 16.2. The molecule has 0 spiro atoms. The van der Waals surface area contributed by atoms with Crippen molar-refractivity contribution in [3.63, 3.8) is 0 Å². The quantitative estimate of drug-likeness (QED) is 0.742. The molecule has 1 amide bonds. The lowest BCUT2D eigenvalue weighted by Crippen LogP contribution is -2.43. The van der Waals surface area contributed by atoms with Crippen molar-refractivity contribution in [2.75, 3.05) is 20.1 Å². The van der Waals surface area contributed by atoms with Crippen LogP contribution in [0.3, 0.4) is 0 Å². The summed E-state index contributed by atoms with van der Waals surface area (Å²) in [6, 6.07) is 0.588. The predicted molar refractivity (Wildman–Crippen MR) is 84.6 cm³/mol. The third-order valence-corrected chi connectivity index (χ3v) is 4.93. The normalized spacial score (nSPS) is 26.4. The number of hydrogen-bond acceptors (Lipinski definition) is 3. The van der Waals surface area contributed by atoms with Crippen LogP contribution in [0.5, 0.6) is 0 Å². The highest BCUT2D eigenvalue weighted by Crippen LogP contribution is 2.20. The van der Waals surface area contributed by atoms with Crippen LogP contribution < -0.4 is 5.32 Å². The third kappa shape index (κ3) is 3.95. The molecule has 1 aliphatic rings. The van der Waals surface area contributed by atoms with Gasteiger partial charge in [0.25, 0.3) is 0 Å². The molecule has 1 heterocycles. The van der Waals surface area contributed by atoms with Crippen LogP contribution in [0.25, 0.3) is 0 Å². The Kier molecular flexibility index (Phi) is 6.96. The number of likely N-dealkylation sites (N-methyl/N-ethyl adjacent to an activating group) is 1. The van der Waals surface area contributed by atoms with Gasteiger partial charge in [-0.3, -0.25) is 10.1 Å². The van der Waals surface area contributed by atoms with Crippen LogP contribution in [0.1, 0.15) is 53.9 Å². The maximum Gasteiger partial charge on any atom is 0.241 e. The Morgan fingerprint density at radius 3 is 2.40 bits per heavy atom. The number of hydrogen-bond donors (Lipinski definition) is 1. The number of nitrogens with one attached hydrogen (secondary N) is 1. The minimum atomic E-state index is 0.0128. The molecule has 118 valence electrons. The second kappa shape index (κ2) is 7.99. The van der Waals surface area contributed by atoms with Gasteiger partial charge in [-0.25, -0.2) is 0 Å². The van der Waals surface area contributed by atoms with Gasteiger partial charge < -0.3 is 9.80 Å². The minimum Gasteiger partial charge on any atom is -0.325 e. The molecular formula is C16H33N3O. The van der Waals surface area contributed by atoms with Gasteiger partial charge in [0.2, 0.25) is 5.91 Å². The molecule has 1 rings (SSSR count). The molecule has 20 heavy (non-hydrogen) atoms. The Hall–Kier alpha value is -0.610. The Balaban J connectivity index is 2.61. The van der Waals surface area contributed by atoms with Crippen LogP contribution in [-0.4, -0.2) is 54.1 Å². The van der Waals surface area contributed by atoms with Gasteiger partial charge in [-0.1, -0.05) is 34.1 Å². The summed E-state index contributed by atoms with van der Waals surface area (Å²) in [6.45, 7) is 12.7. The van der Waals surface area contributed by atoms with Crippen molar-refractivity contribution >= 4 is 5.91 Å². The summed E-state index contributed by atoms with van der Waals surface area (Å²) in [7, 11) is 2.15. The van der Waals surface area contributed by atoms with Gasteiger partial charge in [0, 0.05) is 19.1 Å². The van der Waals surface area contributed by atoms with E-state index in [1.165, 1.54) is 0 Å². The molecular weight excluding hydrogens is 250 g/mol. The second-order valence-electron chi connectivity index (χ2n) is 6.22. The van der Waals surface area contributed by atoms with Gasteiger partial charge in [-0.2, -0.15) is 0 Å². The molecule has 4 heteroatoms. The van der Waals surface area contributed by atoms with Crippen molar-refractivity contribution in [3.05, 3.63) is 0 Å². The average molecular weight is 283 g/mol. The summed E-state index contributed by atoms with van der Waals surface area (Å²) >= 11 is 0. The van der Waals surface area contributed by atoms with E-state index in [1.54, 1.807) is 0 Å². The van der Waals surface area contributed by atoms with Crippen LogP contribution >= 0.6 is 0 Å². The van der Waals surface area contributed by atoms with Crippen molar-refractivity contribution in [1.82, 2.24) is 15.1 Å². The number of rotatable bonds is 8. The second-order valence-corrected chi connectivity index (χ2v) is 6.22. The highest BCUT2D eigenvalue weighted by Gasteiger charge is 2.39. The molecule has 0 saturated carbocycles. The summed E-state index contributed by atoms with van der Waals surface area (Å²) in [6.07, 6.45) is 3.38. The van der Waals surface area contributed by atoms with Crippen LogP contribution in [0, 0.1) is 5.92 Å². The summed E-state index contributed by atoms with van der Waals surface area (Å²) in [5, 5.41) is 3.52. The fourth-order valence-electron chi connectivity index (χ4n) is 2.75. The minimum absolute atomic E-state index is 0.0128. The van der Waals surface area contributed by atoms with E-state index in [0.29, 0.717) is 17.9 Å². The van der Waals surface area contributed by atoms with Gasteiger partial charge in [0.05, 0.1) is 12.2 Å². The van der Waals surface area contributed by atoms with E-state index in [4.69, 9.17) is 0 Å². The Bertz CT molecular complexity index is 308. The summed E-state index contributed by atoms with van der Waals surface area (Å²) in [4.78, 5) is 17.0. The first-order valence-electron chi connectivity index (χ1n) is 8.22. The lowest BCUT2D eigenvalue weighted by molar-refractivity contribution is -0.131. The molecule has 4 nitrogen and oxygen atoms in total. The topological polar surface area (TPSA) is 35.6 Å². The molecule has 0 aromatic heterocycles. The first-order chi connectivity index (χ1) is 9.46. The van der Waals surface area contributed by atoms with Gasteiger partial charge in [-0.15, -0.1) is 0 Å². The summed E-state index contributed by atoms with van der Waals surface area (Å²) < 4.78 is 0. The SMILES string of the molecule is CCC(C)C1NC(CC)N(CCN(C)C(C)CC)C1=O. The fraction of sp³-hybridized carbons (Fsp3) is 0.938. The molecule has 1 aliphatic heterocycles. The molecule has 0 radical (unpaired) electrons. The van der Waals surface area contributed by atoms with Gasteiger partial charge in [-0.05, 0) is 32.7 Å². The maximum absolute atomic E-state index is 12.6. The third-order valence-electron chi connectivity index (χ3n) is 4.93. The lowest BCUT2D eigenvalue weighted by atomic mass is 9.99. The van der Waals surface area contributed by atoms with Crippen LogP contribution in [-0.2, 0) is 4.79 Å². The van der Waals surface area contributed by atoms with E-state index >= 15 is 0 Å². The van der Waals surface area contributed by atoms with Crippen molar-refractivity contribution in [2.24, 2.45) is 5.92 Å². The summed E-state index contributed by atoms with van der Waals surface area (Å²) in [5.74, 6) is 0.706. The van der Waals surface area contributed by atoms with Crippen LogP contribution in [0.15, 0.2) is 0 Å². The molecule has 4 unspecified atom stereocenters. The molecule has 0 aliphatic carbocycles. The lowest BCUT2D eigenvalue weighted by Gasteiger charge is -2.29. The first kappa shape index (κ1) is 17.4. The number of nitrogens with zero attached hydrogens (tertiary/aromatic N) is 2. The molecule has 0 aromatic carbocycles. The van der Waals surface area contributed by atoms with Crippen molar-refractivity contribution in [1.29, 1.82) is 0 Å². The van der Waals surface area contributed by atoms with E-state index in [0.717, 1.165) is 32.4 Å². The predicted octanol–water partition coefficient (Wildman–Crippen LogP) is 2.30. The van der Waals surface area contributed by atoms with E-state index in [-0.39, 0.29) is 12.2 Å². The van der Waals surface area contributed by atoms with E-state index in [1.807, 2.05) is 0 Å². The maximum atomic E-state index is 12.6. The molecule has 1 N–H and O–H groups in total. The van der Waals surface area contributed by atoms with Gasteiger partial charge in [0.15, 0.2) is 0 Å². The van der Waals surface area contributed by atoms with E-state index in [2.05, 4.69) is 56.8 Å². The van der Waals surface area contributed by atoms with Crippen LogP contribution in [0.4, 0.5) is 0 Å². The molecule has 1 fully saturated rings. The van der Waals surface area contributed by atoms with Crippen molar-refractivity contribution < 1.29 is 4.79 Å². The van der Waals surface area contributed by atoms with Crippen molar-refractivity contribution in [2.45, 2.75) is 72.1 Å². The number of carbonyl (C=O) groups is 1. The van der Waals surface area contributed by atoms with Crippen LogP contribution in [0.2, 0.25) is 0 Å². The average Bonchev–Trinajstić information content (AvgIpc) is 2.79. The van der Waals surface area contributed by atoms with Crippen molar-refractivity contribution in [3.8, 4) is 0 Å². The monoisotopic (exact) mass is 283 g/mol. The zero-order chi connectivity index (χ0) is 15.3.